The molecule has 4 atom stereocenters. The van der Waals surface area contributed by atoms with Gasteiger partial charge in [0, 0.05) is 5.41 Å². The highest BCUT2D eigenvalue weighted by atomic mass is 16.4. The van der Waals surface area contributed by atoms with Gasteiger partial charge in [0.05, 0.1) is 6.42 Å². The fraction of sp³-hybridized carbons (Fsp3) is 0.632. The van der Waals surface area contributed by atoms with Crippen molar-refractivity contribution >= 4 is 5.97 Å². The van der Waals surface area contributed by atoms with Gasteiger partial charge in [-0.3, -0.25) is 4.79 Å². The normalized spacial score (nSPS) is 40.7. The second-order valence-electron chi connectivity index (χ2n) is 7.41. The lowest BCUT2D eigenvalue weighted by atomic mass is 9.56. The zero-order valence-corrected chi connectivity index (χ0v) is 12.6. The molecular formula is C19H24O2. The van der Waals surface area contributed by atoms with Gasteiger partial charge in [-0.25, -0.2) is 0 Å². The van der Waals surface area contributed by atoms with Crippen LogP contribution in [-0.2, 0) is 4.79 Å². The first kappa shape index (κ1) is 13.4. The van der Waals surface area contributed by atoms with Crippen molar-refractivity contribution < 1.29 is 9.90 Å². The van der Waals surface area contributed by atoms with E-state index in [1.165, 1.54) is 49.7 Å². The van der Waals surface area contributed by atoms with E-state index >= 15 is 0 Å². The highest BCUT2D eigenvalue weighted by molar-refractivity contribution is 5.71. The van der Waals surface area contributed by atoms with E-state index in [4.69, 9.17) is 0 Å². The van der Waals surface area contributed by atoms with Gasteiger partial charge in [0.2, 0.25) is 0 Å². The Morgan fingerprint density at radius 2 is 2.14 bits per heavy atom. The van der Waals surface area contributed by atoms with Crippen LogP contribution in [0.25, 0.3) is 0 Å². The fourth-order valence-corrected chi connectivity index (χ4v) is 5.51. The number of allylic oxidation sites excluding steroid dienone is 6. The smallest absolute Gasteiger partial charge is 0.304 e. The topological polar surface area (TPSA) is 37.3 Å². The summed E-state index contributed by atoms with van der Waals surface area (Å²) in [7, 11) is 0. The average Bonchev–Trinajstić information content (AvgIpc) is 2.89. The van der Waals surface area contributed by atoms with Gasteiger partial charge in [0.25, 0.3) is 0 Å². The van der Waals surface area contributed by atoms with Gasteiger partial charge in [-0.1, -0.05) is 37.1 Å². The minimum Gasteiger partial charge on any atom is -0.481 e. The molecule has 0 aromatic rings. The summed E-state index contributed by atoms with van der Waals surface area (Å²) in [4.78, 5) is 11.3. The predicted octanol–water partition coefficient (Wildman–Crippen LogP) is 4.49. The molecule has 4 aliphatic rings. The Morgan fingerprint density at radius 3 is 3.00 bits per heavy atom. The number of carbonyl (C=O) groups is 1. The molecule has 2 heteroatoms. The Hall–Kier alpha value is -1.31. The lowest BCUT2D eigenvalue weighted by Gasteiger charge is -2.48. The van der Waals surface area contributed by atoms with Crippen LogP contribution < -0.4 is 0 Å². The lowest BCUT2D eigenvalue weighted by molar-refractivity contribution is -0.138. The molecule has 0 aliphatic heterocycles. The van der Waals surface area contributed by atoms with Crippen LogP contribution in [0.15, 0.2) is 35.5 Å². The van der Waals surface area contributed by atoms with Crippen molar-refractivity contribution in [3.8, 4) is 0 Å². The third-order valence-electron chi connectivity index (χ3n) is 6.42. The number of hydrogen-bond acceptors (Lipinski definition) is 1. The van der Waals surface area contributed by atoms with Crippen LogP contribution in [-0.4, -0.2) is 11.1 Å². The molecule has 0 saturated heterocycles. The second kappa shape index (κ2) is 4.86. The highest BCUT2D eigenvalue weighted by Gasteiger charge is 2.47. The van der Waals surface area contributed by atoms with Crippen molar-refractivity contribution in [2.75, 3.05) is 0 Å². The van der Waals surface area contributed by atoms with Crippen LogP contribution in [0, 0.1) is 23.2 Å². The molecule has 1 unspecified atom stereocenters. The van der Waals surface area contributed by atoms with Gasteiger partial charge >= 0.3 is 5.97 Å². The maximum absolute atomic E-state index is 11.3. The van der Waals surface area contributed by atoms with Gasteiger partial charge in [0.1, 0.15) is 0 Å². The highest BCUT2D eigenvalue weighted by Crippen LogP contribution is 2.58. The number of carboxylic acids is 1. The molecular weight excluding hydrogens is 260 g/mol. The summed E-state index contributed by atoms with van der Waals surface area (Å²) in [6, 6.07) is 0. The van der Waals surface area contributed by atoms with Crippen molar-refractivity contribution in [2.45, 2.75) is 51.4 Å². The van der Waals surface area contributed by atoms with E-state index in [0.717, 1.165) is 18.3 Å². The summed E-state index contributed by atoms with van der Waals surface area (Å²) in [6.07, 6.45) is 18.2. The van der Waals surface area contributed by atoms with Crippen molar-refractivity contribution in [1.82, 2.24) is 0 Å². The van der Waals surface area contributed by atoms with E-state index in [1.54, 1.807) is 0 Å². The van der Waals surface area contributed by atoms with Crippen LogP contribution in [0.3, 0.4) is 0 Å². The van der Waals surface area contributed by atoms with Gasteiger partial charge in [-0.15, -0.1) is 0 Å². The number of aliphatic carboxylic acids is 1. The van der Waals surface area contributed by atoms with Gasteiger partial charge < -0.3 is 5.11 Å². The summed E-state index contributed by atoms with van der Waals surface area (Å²) in [5, 5.41) is 9.31. The van der Waals surface area contributed by atoms with Gasteiger partial charge in [-0.05, 0) is 61.0 Å². The molecule has 2 nitrogen and oxygen atoms in total. The Morgan fingerprint density at radius 1 is 1.29 bits per heavy atom. The monoisotopic (exact) mass is 284 g/mol. The average molecular weight is 284 g/mol. The van der Waals surface area contributed by atoms with Crippen LogP contribution in [0.4, 0.5) is 0 Å². The van der Waals surface area contributed by atoms with Gasteiger partial charge in [0.15, 0.2) is 0 Å². The molecule has 21 heavy (non-hydrogen) atoms. The Balaban J connectivity index is 1.67. The largest absolute Gasteiger partial charge is 0.481 e. The maximum Gasteiger partial charge on any atom is 0.304 e. The third-order valence-corrected chi connectivity index (χ3v) is 6.42. The number of carboxylic acid groups (broad SMARTS) is 1. The Bertz CT molecular complexity index is 554. The quantitative estimate of drug-likeness (QED) is 0.811. The first-order chi connectivity index (χ1) is 10.2. The molecule has 112 valence electrons. The van der Waals surface area contributed by atoms with Crippen LogP contribution in [0.5, 0.6) is 0 Å². The Kier molecular flexibility index (Phi) is 3.09. The van der Waals surface area contributed by atoms with Crippen LogP contribution >= 0.6 is 0 Å². The van der Waals surface area contributed by atoms with Gasteiger partial charge in [-0.2, -0.15) is 0 Å². The molecule has 1 N–H and O–H groups in total. The van der Waals surface area contributed by atoms with Crippen molar-refractivity contribution in [3.63, 3.8) is 0 Å². The molecule has 4 rings (SSSR count). The number of rotatable bonds is 2. The van der Waals surface area contributed by atoms with Crippen LogP contribution in [0.1, 0.15) is 51.4 Å². The van der Waals surface area contributed by atoms with E-state index in [-0.39, 0.29) is 11.8 Å². The summed E-state index contributed by atoms with van der Waals surface area (Å²) in [5.74, 6) is 1.80. The SMILES string of the molecule is O=C(O)C[C@@]12C=CC=C1C1=CCC3CCCC[C@@H]3[C@H]1CC2. The second-order valence-corrected chi connectivity index (χ2v) is 7.41. The molecule has 0 spiro atoms. The standard InChI is InChI=1S/C19H24O2/c20-18(21)12-19-10-3-6-17(19)16-8-7-13-4-1-2-5-14(13)15(16)9-11-19/h3,6,8,10,13-15H,1-2,4-5,7,9,11-12H2,(H,20,21)/t13?,14-,15+,19-/m0/s1. The molecule has 0 aromatic carbocycles. The van der Waals surface area contributed by atoms with Crippen LogP contribution in [0.2, 0.25) is 0 Å². The number of hydrogen-bond donors (Lipinski definition) is 1. The molecule has 0 heterocycles. The van der Waals surface area contributed by atoms with E-state index in [0.29, 0.717) is 5.92 Å². The van der Waals surface area contributed by atoms with Crippen molar-refractivity contribution in [1.29, 1.82) is 0 Å². The summed E-state index contributed by atoms with van der Waals surface area (Å²) in [5.41, 5.74) is 2.65. The maximum atomic E-state index is 11.3. The number of fused-ring (bicyclic) bond motifs is 5. The van der Waals surface area contributed by atoms with E-state index in [1.807, 2.05) is 0 Å². The molecule has 0 aromatic heterocycles. The van der Waals surface area contributed by atoms with Crippen molar-refractivity contribution in [2.24, 2.45) is 23.2 Å². The minimum atomic E-state index is -0.669. The summed E-state index contributed by atoms with van der Waals surface area (Å²) in [6.45, 7) is 0. The molecule has 4 aliphatic carbocycles. The zero-order valence-electron chi connectivity index (χ0n) is 12.6. The van der Waals surface area contributed by atoms with E-state index in [9.17, 15) is 9.90 Å². The predicted molar refractivity (Wildman–Crippen MR) is 82.8 cm³/mol. The van der Waals surface area contributed by atoms with E-state index in [2.05, 4.69) is 24.3 Å². The Labute approximate surface area is 126 Å². The molecule has 0 bridgehead atoms. The fourth-order valence-electron chi connectivity index (χ4n) is 5.51. The minimum absolute atomic E-state index is 0.199. The molecule has 0 amide bonds. The summed E-state index contributed by atoms with van der Waals surface area (Å²) < 4.78 is 0. The third kappa shape index (κ3) is 2.03. The molecule has 2 saturated carbocycles. The van der Waals surface area contributed by atoms with E-state index < -0.39 is 5.97 Å². The lowest BCUT2D eigenvalue weighted by Crippen LogP contribution is -2.39. The van der Waals surface area contributed by atoms with Crippen molar-refractivity contribution in [3.05, 3.63) is 35.5 Å². The molecule has 0 radical (unpaired) electrons. The summed E-state index contributed by atoms with van der Waals surface area (Å²) >= 11 is 0. The first-order valence-electron chi connectivity index (χ1n) is 8.52. The first-order valence-corrected chi connectivity index (χ1v) is 8.52. The molecule has 2 fully saturated rings. The zero-order chi connectivity index (χ0) is 14.4.